The fourth-order valence-corrected chi connectivity index (χ4v) is 2.73. The molecule has 0 spiro atoms. The molecule has 1 saturated heterocycles. The zero-order valence-electron chi connectivity index (χ0n) is 11.3. The van der Waals surface area contributed by atoms with Crippen LogP contribution in [0.3, 0.4) is 0 Å². The largest absolute Gasteiger partial charge is 0.354 e. The van der Waals surface area contributed by atoms with Gasteiger partial charge in [0.15, 0.2) is 0 Å². The van der Waals surface area contributed by atoms with Gasteiger partial charge >= 0.3 is 0 Å². The van der Waals surface area contributed by atoms with Crippen LogP contribution in [0.2, 0.25) is 0 Å². The molecule has 6 heteroatoms. The summed E-state index contributed by atoms with van der Waals surface area (Å²) in [5.74, 6) is 0.628. The first-order valence-electron chi connectivity index (χ1n) is 7.10. The molecule has 1 amide bonds. The number of nitrogens with zero attached hydrogens (tertiary/aromatic N) is 4. The number of carbonyl (C=O) groups excluding carboxylic acids is 1. The maximum Gasteiger partial charge on any atom is 0.244 e. The Kier molecular flexibility index (Phi) is 3.50. The molecule has 1 N–H and O–H groups in total. The van der Waals surface area contributed by atoms with Gasteiger partial charge in [0.25, 0.3) is 0 Å². The van der Waals surface area contributed by atoms with E-state index in [1.54, 1.807) is 11.0 Å². The summed E-state index contributed by atoms with van der Waals surface area (Å²) in [7, 11) is 0. The standard InChI is InChI=1S/C13H21N5O/c1-10(18-9-14-8-16-18)13(19)15-6-11-4-5-17(7-11)12-2-3-12/h8-12H,2-7H2,1H3,(H,15,19)/t10-,11+/m1/s1. The van der Waals surface area contributed by atoms with Crippen LogP contribution in [0.25, 0.3) is 0 Å². The molecule has 104 valence electrons. The van der Waals surface area contributed by atoms with Crippen molar-refractivity contribution in [1.82, 2.24) is 25.0 Å². The molecule has 0 unspecified atom stereocenters. The van der Waals surface area contributed by atoms with E-state index >= 15 is 0 Å². The van der Waals surface area contributed by atoms with Crippen molar-refractivity contribution in [3.05, 3.63) is 12.7 Å². The Labute approximate surface area is 113 Å². The van der Waals surface area contributed by atoms with E-state index in [0.29, 0.717) is 5.92 Å². The molecule has 2 heterocycles. The lowest BCUT2D eigenvalue weighted by Gasteiger charge is -2.16. The Morgan fingerprint density at radius 1 is 1.47 bits per heavy atom. The van der Waals surface area contributed by atoms with Crippen molar-refractivity contribution in [2.24, 2.45) is 5.92 Å². The first-order chi connectivity index (χ1) is 9.24. The predicted octanol–water partition coefficient (Wildman–Crippen LogP) is 0.440. The average Bonchev–Trinajstić information content (AvgIpc) is 2.96. The van der Waals surface area contributed by atoms with Crippen LogP contribution in [0.4, 0.5) is 0 Å². The van der Waals surface area contributed by atoms with Crippen LogP contribution in [0.15, 0.2) is 12.7 Å². The third-order valence-corrected chi connectivity index (χ3v) is 4.16. The number of hydrogen-bond acceptors (Lipinski definition) is 4. The SMILES string of the molecule is C[C@H](C(=O)NC[C@@H]1CCN(C2CC2)C1)n1cncn1. The smallest absolute Gasteiger partial charge is 0.244 e. The number of amides is 1. The number of aromatic nitrogens is 3. The molecule has 1 aliphatic carbocycles. The molecule has 2 atom stereocenters. The second-order valence-electron chi connectivity index (χ2n) is 5.68. The highest BCUT2D eigenvalue weighted by Gasteiger charge is 2.34. The third-order valence-electron chi connectivity index (χ3n) is 4.16. The average molecular weight is 263 g/mol. The van der Waals surface area contributed by atoms with Gasteiger partial charge in [-0.05, 0) is 38.6 Å². The van der Waals surface area contributed by atoms with Crippen LogP contribution in [0.5, 0.6) is 0 Å². The zero-order valence-corrected chi connectivity index (χ0v) is 11.3. The number of likely N-dealkylation sites (tertiary alicyclic amines) is 1. The van der Waals surface area contributed by atoms with Crippen molar-refractivity contribution in [2.75, 3.05) is 19.6 Å². The van der Waals surface area contributed by atoms with Gasteiger partial charge in [-0.25, -0.2) is 9.67 Å². The van der Waals surface area contributed by atoms with Crippen LogP contribution >= 0.6 is 0 Å². The Bertz CT molecular complexity index is 428. The molecule has 19 heavy (non-hydrogen) atoms. The molecular formula is C13H21N5O. The first-order valence-corrected chi connectivity index (χ1v) is 7.10. The molecule has 3 rings (SSSR count). The van der Waals surface area contributed by atoms with E-state index in [2.05, 4.69) is 20.3 Å². The Balaban J connectivity index is 1.43. The van der Waals surface area contributed by atoms with Gasteiger partial charge in [0.2, 0.25) is 5.91 Å². The van der Waals surface area contributed by atoms with Gasteiger partial charge < -0.3 is 10.2 Å². The number of carbonyl (C=O) groups is 1. The fraction of sp³-hybridized carbons (Fsp3) is 0.769. The highest BCUT2D eigenvalue weighted by atomic mass is 16.2. The van der Waals surface area contributed by atoms with Crippen molar-refractivity contribution in [3.8, 4) is 0 Å². The minimum atomic E-state index is -0.288. The molecule has 1 saturated carbocycles. The number of nitrogens with one attached hydrogen (secondary N) is 1. The Morgan fingerprint density at radius 2 is 2.32 bits per heavy atom. The topological polar surface area (TPSA) is 63.1 Å². The molecule has 6 nitrogen and oxygen atoms in total. The van der Waals surface area contributed by atoms with E-state index in [4.69, 9.17) is 0 Å². The zero-order chi connectivity index (χ0) is 13.2. The summed E-state index contributed by atoms with van der Waals surface area (Å²) >= 11 is 0. The van der Waals surface area contributed by atoms with E-state index in [9.17, 15) is 4.79 Å². The van der Waals surface area contributed by atoms with Gasteiger partial charge in [-0.15, -0.1) is 0 Å². The summed E-state index contributed by atoms with van der Waals surface area (Å²) in [5.41, 5.74) is 0. The number of rotatable bonds is 5. The van der Waals surface area contributed by atoms with Gasteiger partial charge in [0, 0.05) is 19.1 Å². The lowest BCUT2D eigenvalue weighted by Crippen LogP contribution is -2.35. The van der Waals surface area contributed by atoms with Crippen LogP contribution in [-0.2, 0) is 4.79 Å². The van der Waals surface area contributed by atoms with Gasteiger partial charge in [0.1, 0.15) is 18.7 Å². The van der Waals surface area contributed by atoms with Crippen LogP contribution in [0, 0.1) is 5.92 Å². The van der Waals surface area contributed by atoms with Crippen molar-refractivity contribution in [2.45, 2.75) is 38.3 Å². The van der Waals surface area contributed by atoms with Crippen molar-refractivity contribution < 1.29 is 4.79 Å². The molecule has 0 radical (unpaired) electrons. The Morgan fingerprint density at radius 3 is 3.00 bits per heavy atom. The van der Waals surface area contributed by atoms with E-state index in [1.807, 2.05) is 6.92 Å². The summed E-state index contributed by atoms with van der Waals surface area (Å²) in [5, 5.41) is 7.04. The summed E-state index contributed by atoms with van der Waals surface area (Å²) < 4.78 is 1.58. The number of hydrogen-bond donors (Lipinski definition) is 1. The fourth-order valence-electron chi connectivity index (χ4n) is 2.73. The Hall–Kier alpha value is -1.43. The molecule has 1 aromatic rings. The van der Waals surface area contributed by atoms with Crippen molar-refractivity contribution in [1.29, 1.82) is 0 Å². The maximum atomic E-state index is 12.0. The normalized spacial score (nSPS) is 25.4. The van der Waals surface area contributed by atoms with Gasteiger partial charge in [-0.2, -0.15) is 5.10 Å². The van der Waals surface area contributed by atoms with Gasteiger partial charge in [0.05, 0.1) is 0 Å². The molecular weight excluding hydrogens is 242 g/mol. The van der Waals surface area contributed by atoms with Gasteiger partial charge in [-0.3, -0.25) is 4.79 Å². The van der Waals surface area contributed by atoms with Gasteiger partial charge in [-0.1, -0.05) is 0 Å². The minimum absolute atomic E-state index is 0.0235. The predicted molar refractivity (Wildman–Crippen MR) is 70.4 cm³/mol. The van der Waals surface area contributed by atoms with Crippen LogP contribution < -0.4 is 5.32 Å². The summed E-state index contributed by atoms with van der Waals surface area (Å²) in [6.07, 6.45) is 6.96. The minimum Gasteiger partial charge on any atom is -0.354 e. The molecule has 0 aromatic carbocycles. The summed E-state index contributed by atoms with van der Waals surface area (Å²) in [6.45, 7) is 4.96. The molecule has 2 fully saturated rings. The molecule has 1 aliphatic heterocycles. The first kappa shape index (κ1) is 12.6. The molecule has 2 aliphatic rings. The van der Waals surface area contributed by atoms with E-state index < -0.39 is 0 Å². The quantitative estimate of drug-likeness (QED) is 0.837. The van der Waals surface area contributed by atoms with E-state index in [1.165, 1.54) is 32.1 Å². The van der Waals surface area contributed by atoms with E-state index in [-0.39, 0.29) is 11.9 Å². The van der Waals surface area contributed by atoms with Crippen molar-refractivity contribution in [3.63, 3.8) is 0 Å². The second-order valence-corrected chi connectivity index (χ2v) is 5.68. The summed E-state index contributed by atoms with van der Waals surface area (Å²) in [6, 6.07) is 0.554. The van der Waals surface area contributed by atoms with Crippen LogP contribution in [0.1, 0.15) is 32.2 Å². The second kappa shape index (κ2) is 5.28. The maximum absolute atomic E-state index is 12.0. The highest BCUT2D eigenvalue weighted by Crippen LogP contribution is 2.31. The molecule has 0 bridgehead atoms. The molecule has 1 aromatic heterocycles. The highest BCUT2D eigenvalue weighted by molar-refractivity contribution is 5.79. The van der Waals surface area contributed by atoms with Crippen LogP contribution in [-0.4, -0.2) is 51.2 Å². The van der Waals surface area contributed by atoms with Crippen molar-refractivity contribution >= 4 is 5.91 Å². The summed E-state index contributed by atoms with van der Waals surface area (Å²) in [4.78, 5) is 18.4. The lowest BCUT2D eigenvalue weighted by atomic mass is 10.1. The monoisotopic (exact) mass is 263 g/mol. The lowest BCUT2D eigenvalue weighted by molar-refractivity contribution is -0.124. The third kappa shape index (κ3) is 2.94. The van der Waals surface area contributed by atoms with E-state index in [0.717, 1.165) is 19.1 Å².